The minimum absolute atomic E-state index is 0.209. The zero-order valence-corrected chi connectivity index (χ0v) is 16.9. The molecule has 1 fully saturated rings. The number of carbonyl (C=O) groups excluding carboxylic acids is 2. The Morgan fingerprint density at radius 3 is 2.26 bits per heavy atom. The number of anilines is 1. The van der Waals surface area contributed by atoms with Crippen molar-refractivity contribution in [3.05, 3.63) is 95.3 Å². The predicted octanol–water partition coefficient (Wildman–Crippen LogP) is 2.82. The predicted molar refractivity (Wildman–Crippen MR) is 111 cm³/mol. The number of benzene rings is 3. The Balaban J connectivity index is 1.78. The molecule has 9 heteroatoms. The molecule has 1 N–H and O–H groups in total. The summed E-state index contributed by atoms with van der Waals surface area (Å²) >= 11 is 0. The number of esters is 1. The Hall–Kier alpha value is -3.72. The van der Waals surface area contributed by atoms with Gasteiger partial charge in [-0.1, -0.05) is 48.5 Å². The molecule has 1 aliphatic rings. The van der Waals surface area contributed by atoms with Crippen LogP contribution in [0.5, 0.6) is 5.75 Å². The summed E-state index contributed by atoms with van der Waals surface area (Å²) in [5, 5.41) is 0. The van der Waals surface area contributed by atoms with Crippen LogP contribution in [-0.2, 0) is 21.4 Å². The fraction of sp³-hybridized carbons (Fsp3) is 0.0909. The number of rotatable bonds is 5. The monoisotopic (exact) mass is 440 g/mol. The molecule has 0 aliphatic carbocycles. The molecule has 1 amide bonds. The Kier molecular flexibility index (Phi) is 5.43. The largest absolute Gasteiger partial charge is 0.421 e. The number of carbonyl (C=O) groups is 2. The van der Waals surface area contributed by atoms with Crippen molar-refractivity contribution in [2.24, 2.45) is 0 Å². The summed E-state index contributed by atoms with van der Waals surface area (Å²) in [4.78, 5) is 24.2. The van der Waals surface area contributed by atoms with Gasteiger partial charge in [0, 0.05) is 0 Å². The molecule has 0 atom stereocenters. The molecule has 7 nitrogen and oxygen atoms in total. The summed E-state index contributed by atoms with van der Waals surface area (Å²) in [5.41, 5.74) is 1.07. The van der Waals surface area contributed by atoms with Gasteiger partial charge in [-0.25, -0.2) is 18.2 Å². The second-order valence-corrected chi connectivity index (χ2v) is 8.47. The Labute approximate surface area is 178 Å². The first-order valence-electron chi connectivity index (χ1n) is 9.30. The third kappa shape index (κ3) is 4.41. The maximum atomic E-state index is 15.2. The summed E-state index contributed by atoms with van der Waals surface area (Å²) in [5.74, 6) is -2.81. The van der Waals surface area contributed by atoms with Crippen molar-refractivity contribution in [3.8, 4) is 5.75 Å². The molecule has 0 saturated carbocycles. The van der Waals surface area contributed by atoms with Crippen LogP contribution in [0.3, 0.4) is 0 Å². The average molecular weight is 440 g/mol. The number of halogens is 1. The van der Waals surface area contributed by atoms with E-state index < -0.39 is 40.1 Å². The topological polar surface area (TPSA) is 92.8 Å². The second kappa shape index (κ2) is 8.19. The Morgan fingerprint density at radius 2 is 1.65 bits per heavy atom. The Morgan fingerprint density at radius 1 is 1.00 bits per heavy atom. The van der Waals surface area contributed by atoms with Gasteiger partial charge in [0.1, 0.15) is 12.2 Å². The number of nitrogens with one attached hydrogen (secondary N) is 1. The molecule has 31 heavy (non-hydrogen) atoms. The van der Waals surface area contributed by atoms with Crippen molar-refractivity contribution in [1.82, 2.24) is 4.72 Å². The van der Waals surface area contributed by atoms with Crippen molar-refractivity contribution in [1.29, 1.82) is 0 Å². The van der Waals surface area contributed by atoms with E-state index >= 15 is 4.39 Å². The fourth-order valence-electron chi connectivity index (χ4n) is 3.26. The van der Waals surface area contributed by atoms with Gasteiger partial charge in [-0.3, -0.25) is 4.79 Å². The van der Waals surface area contributed by atoms with Gasteiger partial charge >= 0.3 is 16.2 Å². The normalized spacial score (nSPS) is 14.9. The SMILES string of the molecule is O=C1CN(c2c(F)cc(Cc3ccccc3)cc2OC(=O)c2ccccc2)S(=O)(=O)N1. The highest BCUT2D eigenvalue weighted by atomic mass is 32.2. The van der Waals surface area contributed by atoms with Gasteiger partial charge in [-0.15, -0.1) is 0 Å². The molecule has 1 aliphatic heterocycles. The van der Waals surface area contributed by atoms with Crippen LogP contribution in [0.1, 0.15) is 21.5 Å². The number of ether oxygens (including phenoxy) is 1. The zero-order chi connectivity index (χ0) is 22.0. The lowest BCUT2D eigenvalue weighted by atomic mass is 10.0. The molecule has 0 spiro atoms. The first-order chi connectivity index (χ1) is 14.8. The van der Waals surface area contributed by atoms with E-state index in [2.05, 4.69) is 0 Å². The standard InChI is InChI=1S/C22H17FN2O5S/c23-18-12-16(11-15-7-3-1-4-8-15)13-19(30-22(27)17-9-5-2-6-10-17)21(18)25-14-20(26)24-31(25,28)29/h1-10,12-13H,11,14H2,(H,24,26). The molecule has 3 aromatic carbocycles. The van der Waals surface area contributed by atoms with Crippen LogP contribution in [-0.4, -0.2) is 26.8 Å². The number of amides is 1. The van der Waals surface area contributed by atoms with E-state index in [1.807, 2.05) is 30.3 Å². The van der Waals surface area contributed by atoms with Crippen molar-refractivity contribution in [2.75, 3.05) is 10.8 Å². The van der Waals surface area contributed by atoms with Crippen molar-refractivity contribution in [3.63, 3.8) is 0 Å². The van der Waals surface area contributed by atoms with E-state index in [0.717, 1.165) is 5.56 Å². The fourth-order valence-corrected chi connectivity index (χ4v) is 4.43. The van der Waals surface area contributed by atoms with E-state index in [4.69, 9.17) is 4.74 Å². The van der Waals surface area contributed by atoms with E-state index in [-0.39, 0.29) is 11.3 Å². The van der Waals surface area contributed by atoms with Crippen LogP contribution in [0.4, 0.5) is 10.1 Å². The van der Waals surface area contributed by atoms with Crippen LogP contribution >= 0.6 is 0 Å². The van der Waals surface area contributed by atoms with Gasteiger partial charge in [0.25, 0.3) is 5.91 Å². The smallest absolute Gasteiger partial charge is 0.343 e. The molecular weight excluding hydrogens is 423 g/mol. The van der Waals surface area contributed by atoms with E-state index in [0.29, 0.717) is 16.3 Å². The minimum atomic E-state index is -4.30. The third-order valence-corrected chi connectivity index (χ3v) is 6.00. The van der Waals surface area contributed by atoms with Gasteiger partial charge < -0.3 is 4.74 Å². The molecule has 158 valence electrons. The molecule has 0 bridgehead atoms. The first-order valence-corrected chi connectivity index (χ1v) is 10.7. The summed E-state index contributed by atoms with van der Waals surface area (Å²) in [6.07, 6.45) is 0.331. The lowest BCUT2D eigenvalue weighted by molar-refractivity contribution is -0.117. The van der Waals surface area contributed by atoms with Crippen LogP contribution in [0.15, 0.2) is 72.8 Å². The molecule has 0 radical (unpaired) electrons. The number of nitrogens with zero attached hydrogens (tertiary/aromatic N) is 1. The quantitative estimate of drug-likeness (QED) is 0.487. The van der Waals surface area contributed by atoms with Gasteiger partial charge in [-0.2, -0.15) is 8.42 Å². The number of hydrogen-bond acceptors (Lipinski definition) is 5. The van der Waals surface area contributed by atoms with E-state index in [1.54, 1.807) is 22.9 Å². The summed E-state index contributed by atoms with van der Waals surface area (Å²) in [7, 11) is -4.30. The summed E-state index contributed by atoms with van der Waals surface area (Å²) in [6, 6.07) is 19.8. The maximum Gasteiger partial charge on any atom is 0.343 e. The van der Waals surface area contributed by atoms with Crippen LogP contribution < -0.4 is 13.8 Å². The van der Waals surface area contributed by atoms with Crippen molar-refractivity contribution >= 4 is 27.8 Å². The Bertz CT molecular complexity index is 1250. The summed E-state index contributed by atoms with van der Waals surface area (Å²) < 4.78 is 47.5. The van der Waals surface area contributed by atoms with Gasteiger partial charge in [-0.05, 0) is 41.8 Å². The second-order valence-electron chi connectivity index (χ2n) is 6.88. The highest BCUT2D eigenvalue weighted by molar-refractivity contribution is 7.92. The van der Waals surface area contributed by atoms with Crippen molar-refractivity contribution in [2.45, 2.75) is 6.42 Å². The average Bonchev–Trinajstić information content (AvgIpc) is 3.00. The highest BCUT2D eigenvalue weighted by Crippen LogP contribution is 2.36. The number of hydrogen-bond donors (Lipinski definition) is 1. The molecule has 3 aromatic rings. The van der Waals surface area contributed by atoms with Crippen LogP contribution in [0.2, 0.25) is 0 Å². The lowest BCUT2D eigenvalue weighted by Gasteiger charge is -2.20. The van der Waals surface area contributed by atoms with E-state index in [9.17, 15) is 18.0 Å². The first kappa shape index (κ1) is 20.5. The molecule has 1 heterocycles. The molecule has 0 unspecified atom stereocenters. The van der Waals surface area contributed by atoms with Gasteiger partial charge in [0.2, 0.25) is 0 Å². The van der Waals surface area contributed by atoms with Gasteiger partial charge in [0.15, 0.2) is 11.6 Å². The third-order valence-electron chi connectivity index (χ3n) is 4.62. The van der Waals surface area contributed by atoms with Crippen LogP contribution in [0.25, 0.3) is 0 Å². The molecule has 0 aromatic heterocycles. The molecule has 4 rings (SSSR count). The van der Waals surface area contributed by atoms with Crippen LogP contribution in [0, 0.1) is 5.82 Å². The van der Waals surface area contributed by atoms with Crippen molar-refractivity contribution < 1.29 is 27.1 Å². The highest BCUT2D eigenvalue weighted by Gasteiger charge is 2.38. The maximum absolute atomic E-state index is 15.2. The molecular formula is C22H17FN2O5S. The molecule has 1 saturated heterocycles. The zero-order valence-electron chi connectivity index (χ0n) is 16.1. The van der Waals surface area contributed by atoms with Gasteiger partial charge in [0.05, 0.1) is 5.56 Å². The lowest BCUT2D eigenvalue weighted by Crippen LogP contribution is -2.31. The summed E-state index contributed by atoms with van der Waals surface area (Å²) in [6.45, 7) is -0.618. The minimum Gasteiger partial charge on any atom is -0.421 e. The van der Waals surface area contributed by atoms with E-state index in [1.165, 1.54) is 24.3 Å².